The number of carbonyl (C=O) groups is 1. The second kappa shape index (κ2) is 9.82. The summed E-state index contributed by atoms with van der Waals surface area (Å²) in [7, 11) is -3.76. The van der Waals surface area contributed by atoms with E-state index in [2.05, 4.69) is 0 Å². The lowest BCUT2D eigenvalue weighted by Gasteiger charge is -2.38. The van der Waals surface area contributed by atoms with E-state index in [1.807, 2.05) is 4.90 Å². The van der Waals surface area contributed by atoms with Gasteiger partial charge in [-0.05, 0) is 53.8 Å². The zero-order chi connectivity index (χ0) is 22.2. The van der Waals surface area contributed by atoms with Crippen molar-refractivity contribution in [2.24, 2.45) is 11.7 Å². The fraction of sp³-hybridized carbons (Fsp3) is 0.429. The molecule has 0 atom stereocenters. The van der Waals surface area contributed by atoms with Crippen LogP contribution in [0.1, 0.15) is 12.8 Å². The summed E-state index contributed by atoms with van der Waals surface area (Å²) in [5.74, 6) is 0.261. The predicted octanol–water partition coefficient (Wildman–Crippen LogP) is 2.35. The average Bonchev–Trinajstić information content (AvgIpc) is 2.75. The molecule has 0 radical (unpaired) electrons. The lowest BCUT2D eigenvalue weighted by molar-refractivity contribution is -0.134. The molecule has 0 aliphatic carbocycles. The molecule has 0 bridgehead atoms. The quantitative estimate of drug-likeness (QED) is 0.495. The van der Waals surface area contributed by atoms with Crippen molar-refractivity contribution in [3.8, 4) is 0 Å². The monoisotopic (exact) mass is 499 g/mol. The highest BCUT2D eigenvalue weighted by Gasteiger charge is 2.34. The van der Waals surface area contributed by atoms with E-state index in [9.17, 15) is 13.2 Å². The van der Waals surface area contributed by atoms with E-state index in [0.717, 1.165) is 36.7 Å². The van der Waals surface area contributed by atoms with Crippen LogP contribution < -0.4 is 5.73 Å². The fourth-order valence-corrected chi connectivity index (χ4v) is 5.85. The van der Waals surface area contributed by atoms with Gasteiger partial charge in [0.25, 0.3) is 0 Å². The molecule has 2 heterocycles. The molecular weight excluding hydrogens is 473 g/mol. The molecule has 2 aliphatic heterocycles. The summed E-state index contributed by atoms with van der Waals surface area (Å²) in [5.41, 5.74) is 5.54. The Labute approximate surface area is 199 Å². The minimum atomic E-state index is -3.76. The maximum atomic E-state index is 13.1. The molecule has 0 aromatic heterocycles. The van der Waals surface area contributed by atoms with Gasteiger partial charge in [-0.15, -0.1) is 12.4 Å². The first-order valence-electron chi connectivity index (χ1n) is 10.3. The van der Waals surface area contributed by atoms with Crippen LogP contribution in [0.5, 0.6) is 0 Å². The number of hydrogen-bond acceptors (Lipinski definition) is 4. The standard InChI is InChI=1S/C21H26ClN5O3S.ClH/c22-18-3-1-17-12-19(4-2-16(17)11-18)31(29,30)27-10-9-26(20(28)14-27)13-15-5-7-25(8-6-15)21(23)24;/h1-4,11-12,15H,5-10,13-14H2,(H3,23,24);1H. The highest BCUT2D eigenvalue weighted by Crippen LogP contribution is 2.26. The van der Waals surface area contributed by atoms with Crippen molar-refractivity contribution in [3.63, 3.8) is 0 Å². The van der Waals surface area contributed by atoms with Crippen LogP contribution in [-0.4, -0.2) is 73.7 Å². The second-order valence-electron chi connectivity index (χ2n) is 8.15. The molecule has 2 aromatic carbocycles. The van der Waals surface area contributed by atoms with E-state index in [0.29, 0.717) is 24.0 Å². The van der Waals surface area contributed by atoms with Crippen molar-refractivity contribution < 1.29 is 13.2 Å². The summed E-state index contributed by atoms with van der Waals surface area (Å²) in [6, 6.07) is 10.2. The minimum absolute atomic E-state index is 0. The number of nitrogens with one attached hydrogen (secondary N) is 1. The second-order valence-corrected chi connectivity index (χ2v) is 10.5. The Morgan fingerprint density at radius 1 is 1.06 bits per heavy atom. The molecule has 2 saturated heterocycles. The van der Waals surface area contributed by atoms with Crippen molar-refractivity contribution in [1.29, 1.82) is 5.41 Å². The molecule has 3 N–H and O–H groups in total. The van der Waals surface area contributed by atoms with Gasteiger partial charge in [-0.2, -0.15) is 4.31 Å². The maximum Gasteiger partial charge on any atom is 0.243 e. The van der Waals surface area contributed by atoms with Crippen LogP contribution >= 0.6 is 24.0 Å². The van der Waals surface area contributed by atoms with Crippen LogP contribution in [0.3, 0.4) is 0 Å². The SMILES string of the molecule is Cl.N=C(N)N1CCC(CN2CCN(S(=O)(=O)c3ccc4cc(Cl)ccc4c3)CC2=O)CC1. The lowest BCUT2D eigenvalue weighted by Crippen LogP contribution is -2.54. The first kappa shape index (κ1) is 24.6. The number of fused-ring (bicyclic) bond motifs is 1. The van der Waals surface area contributed by atoms with E-state index in [4.69, 9.17) is 22.7 Å². The van der Waals surface area contributed by atoms with Gasteiger partial charge in [0.1, 0.15) is 0 Å². The number of benzene rings is 2. The predicted molar refractivity (Wildman–Crippen MR) is 128 cm³/mol. The summed E-state index contributed by atoms with van der Waals surface area (Å²) in [6.45, 7) is 2.57. The third-order valence-electron chi connectivity index (χ3n) is 6.13. The van der Waals surface area contributed by atoms with Gasteiger partial charge in [-0.1, -0.05) is 23.7 Å². The number of guanidine groups is 1. The number of amides is 1. The van der Waals surface area contributed by atoms with Crippen LogP contribution in [0, 0.1) is 11.3 Å². The summed E-state index contributed by atoms with van der Waals surface area (Å²) in [4.78, 5) is 16.5. The first-order chi connectivity index (χ1) is 14.7. The molecule has 1 amide bonds. The van der Waals surface area contributed by atoms with Crippen LogP contribution in [0.2, 0.25) is 5.02 Å². The van der Waals surface area contributed by atoms with Gasteiger partial charge in [0, 0.05) is 37.7 Å². The number of carbonyl (C=O) groups excluding carboxylic acids is 1. The molecule has 0 spiro atoms. The van der Waals surface area contributed by atoms with E-state index in [-0.39, 0.29) is 42.3 Å². The molecule has 174 valence electrons. The average molecular weight is 500 g/mol. The van der Waals surface area contributed by atoms with Crippen LogP contribution in [0.15, 0.2) is 41.3 Å². The Morgan fingerprint density at radius 3 is 2.38 bits per heavy atom. The molecule has 2 fully saturated rings. The number of nitrogens with zero attached hydrogens (tertiary/aromatic N) is 3. The van der Waals surface area contributed by atoms with Crippen LogP contribution in [0.4, 0.5) is 0 Å². The Kier molecular flexibility index (Phi) is 7.54. The molecular formula is C21H27Cl2N5O3S. The number of nitrogens with two attached hydrogens (primary N) is 1. The Morgan fingerprint density at radius 2 is 1.72 bits per heavy atom. The highest BCUT2D eigenvalue weighted by atomic mass is 35.5. The molecule has 32 heavy (non-hydrogen) atoms. The van der Waals surface area contributed by atoms with Gasteiger partial charge >= 0.3 is 0 Å². The first-order valence-corrected chi connectivity index (χ1v) is 12.1. The Bertz CT molecular complexity index is 1120. The number of sulfonamides is 1. The summed E-state index contributed by atoms with van der Waals surface area (Å²) >= 11 is 6.00. The van der Waals surface area contributed by atoms with Gasteiger partial charge in [-0.3, -0.25) is 10.2 Å². The molecule has 8 nitrogen and oxygen atoms in total. The van der Waals surface area contributed by atoms with Gasteiger partial charge in [0.2, 0.25) is 15.9 Å². The summed E-state index contributed by atoms with van der Waals surface area (Å²) in [5, 5.41) is 9.76. The van der Waals surface area contributed by atoms with Crippen molar-refractivity contribution in [3.05, 3.63) is 41.4 Å². The third-order valence-corrected chi connectivity index (χ3v) is 8.21. The lowest BCUT2D eigenvalue weighted by atomic mass is 9.96. The van der Waals surface area contributed by atoms with Gasteiger partial charge < -0.3 is 15.5 Å². The number of halogens is 2. The largest absolute Gasteiger partial charge is 0.370 e. The van der Waals surface area contributed by atoms with Crippen molar-refractivity contribution in [2.75, 3.05) is 39.3 Å². The summed E-state index contributed by atoms with van der Waals surface area (Å²) < 4.78 is 27.5. The Balaban J connectivity index is 0.00000289. The zero-order valence-electron chi connectivity index (χ0n) is 17.5. The topological polar surface area (TPSA) is 111 Å². The van der Waals surface area contributed by atoms with Crippen molar-refractivity contribution in [2.45, 2.75) is 17.7 Å². The Hall–Kier alpha value is -2.07. The van der Waals surface area contributed by atoms with Crippen LogP contribution in [0.25, 0.3) is 10.8 Å². The highest BCUT2D eigenvalue weighted by molar-refractivity contribution is 7.89. The van der Waals surface area contributed by atoms with Gasteiger partial charge in [0.15, 0.2) is 5.96 Å². The molecule has 4 rings (SSSR count). The fourth-order valence-electron chi connectivity index (χ4n) is 4.26. The zero-order valence-corrected chi connectivity index (χ0v) is 19.9. The molecule has 2 aliphatic rings. The van der Waals surface area contributed by atoms with Gasteiger partial charge in [-0.25, -0.2) is 8.42 Å². The van der Waals surface area contributed by atoms with E-state index in [1.165, 1.54) is 4.31 Å². The third kappa shape index (κ3) is 5.11. The van der Waals surface area contributed by atoms with E-state index >= 15 is 0 Å². The number of piperazine rings is 1. The molecule has 11 heteroatoms. The van der Waals surface area contributed by atoms with Crippen LogP contribution in [-0.2, 0) is 14.8 Å². The van der Waals surface area contributed by atoms with Crippen molar-refractivity contribution in [1.82, 2.24) is 14.1 Å². The smallest absolute Gasteiger partial charge is 0.243 e. The van der Waals surface area contributed by atoms with E-state index in [1.54, 1.807) is 41.3 Å². The minimum Gasteiger partial charge on any atom is -0.370 e. The molecule has 0 unspecified atom stereocenters. The van der Waals surface area contributed by atoms with E-state index < -0.39 is 10.0 Å². The molecule has 2 aromatic rings. The number of likely N-dealkylation sites (tertiary alicyclic amines) is 1. The maximum absolute atomic E-state index is 13.1. The number of hydrogen-bond donors (Lipinski definition) is 2. The normalized spacial score (nSPS) is 18.6. The number of rotatable bonds is 4. The molecule has 0 saturated carbocycles. The van der Waals surface area contributed by atoms with Crippen molar-refractivity contribution >= 4 is 56.7 Å². The van der Waals surface area contributed by atoms with Gasteiger partial charge in [0.05, 0.1) is 11.4 Å². The number of piperidine rings is 1. The summed E-state index contributed by atoms with van der Waals surface area (Å²) in [6.07, 6.45) is 1.74.